The number of benzene rings is 1. The number of para-hydroxylation sites is 1. The lowest BCUT2D eigenvalue weighted by Gasteiger charge is -2.26. The Morgan fingerprint density at radius 2 is 2.00 bits per heavy atom. The highest BCUT2D eigenvalue weighted by atomic mass is 35.5. The number of halogens is 2. The van der Waals surface area contributed by atoms with Crippen LogP contribution in [0.5, 0.6) is 0 Å². The maximum Gasteiger partial charge on any atom is 0.236 e. The maximum atomic E-state index is 12.7. The molecule has 1 heterocycles. The van der Waals surface area contributed by atoms with Crippen LogP contribution in [0.4, 0.5) is 5.69 Å². The second-order valence-corrected chi connectivity index (χ2v) is 7.05. The highest BCUT2D eigenvalue weighted by Crippen LogP contribution is 2.65. The Morgan fingerprint density at radius 3 is 2.61 bits per heavy atom. The molecule has 0 radical (unpaired) electrons. The molecule has 0 bridgehead atoms. The third kappa shape index (κ3) is 1.52. The molecule has 3 rings (SSSR count). The SMILES string of the molecule is CC1Cc2ccccc2N1C(=O)C1(C)CC1(Cl)Cl. The third-order valence-corrected chi connectivity index (χ3v) is 5.26. The fraction of sp³-hybridized carbons (Fsp3) is 0.500. The Bertz CT molecular complexity index is 528. The van der Waals surface area contributed by atoms with E-state index in [1.807, 2.05) is 30.0 Å². The Labute approximate surface area is 117 Å². The van der Waals surface area contributed by atoms with E-state index < -0.39 is 9.75 Å². The fourth-order valence-electron chi connectivity index (χ4n) is 2.77. The minimum atomic E-state index is -0.901. The van der Waals surface area contributed by atoms with E-state index in [0.717, 1.165) is 12.1 Å². The Morgan fingerprint density at radius 1 is 1.39 bits per heavy atom. The van der Waals surface area contributed by atoms with Crippen molar-refractivity contribution >= 4 is 34.8 Å². The Hall–Kier alpha value is -0.730. The summed E-state index contributed by atoms with van der Waals surface area (Å²) in [5.41, 5.74) is 1.59. The molecule has 1 amide bonds. The van der Waals surface area contributed by atoms with Crippen molar-refractivity contribution in [1.29, 1.82) is 0 Å². The van der Waals surface area contributed by atoms with Gasteiger partial charge in [-0.3, -0.25) is 4.79 Å². The summed E-state index contributed by atoms with van der Waals surface area (Å²) >= 11 is 12.2. The number of hydrogen-bond acceptors (Lipinski definition) is 1. The molecule has 96 valence electrons. The van der Waals surface area contributed by atoms with E-state index in [1.165, 1.54) is 5.56 Å². The highest BCUT2D eigenvalue weighted by Gasteiger charge is 2.69. The van der Waals surface area contributed by atoms with Crippen LogP contribution in [0.3, 0.4) is 0 Å². The first-order valence-electron chi connectivity index (χ1n) is 6.16. The molecule has 0 saturated heterocycles. The number of anilines is 1. The van der Waals surface area contributed by atoms with Gasteiger partial charge in [-0.1, -0.05) is 18.2 Å². The van der Waals surface area contributed by atoms with E-state index in [0.29, 0.717) is 6.42 Å². The van der Waals surface area contributed by atoms with Crippen LogP contribution in [0.1, 0.15) is 25.8 Å². The first-order chi connectivity index (χ1) is 8.37. The molecule has 18 heavy (non-hydrogen) atoms. The minimum absolute atomic E-state index is 0.0463. The molecular formula is C14H15Cl2NO. The summed E-state index contributed by atoms with van der Waals surface area (Å²) < 4.78 is -0.901. The van der Waals surface area contributed by atoms with Crippen molar-refractivity contribution < 1.29 is 4.79 Å². The van der Waals surface area contributed by atoms with Crippen molar-refractivity contribution in [3.05, 3.63) is 29.8 Å². The van der Waals surface area contributed by atoms with Gasteiger partial charge in [-0.2, -0.15) is 0 Å². The van der Waals surface area contributed by atoms with E-state index >= 15 is 0 Å². The van der Waals surface area contributed by atoms with Gasteiger partial charge in [0.1, 0.15) is 4.33 Å². The van der Waals surface area contributed by atoms with E-state index in [9.17, 15) is 4.79 Å². The number of fused-ring (bicyclic) bond motifs is 1. The average molecular weight is 284 g/mol. The van der Waals surface area contributed by atoms with Gasteiger partial charge in [0.2, 0.25) is 5.91 Å². The smallest absolute Gasteiger partial charge is 0.236 e. The molecule has 1 aromatic carbocycles. The molecule has 1 aliphatic heterocycles. The topological polar surface area (TPSA) is 20.3 Å². The van der Waals surface area contributed by atoms with Crippen LogP contribution in [0, 0.1) is 5.41 Å². The van der Waals surface area contributed by atoms with Crippen LogP contribution >= 0.6 is 23.2 Å². The summed E-state index contributed by atoms with van der Waals surface area (Å²) in [6, 6.07) is 8.21. The van der Waals surface area contributed by atoms with Gasteiger partial charge in [0.05, 0.1) is 5.41 Å². The van der Waals surface area contributed by atoms with Crippen molar-refractivity contribution in [3.63, 3.8) is 0 Å². The summed E-state index contributed by atoms with van der Waals surface area (Å²) in [5, 5.41) is 0. The molecule has 2 unspecified atom stereocenters. The molecule has 2 nitrogen and oxygen atoms in total. The van der Waals surface area contributed by atoms with Crippen molar-refractivity contribution in [2.45, 2.75) is 37.1 Å². The average Bonchev–Trinajstić information content (AvgIpc) is 2.67. The van der Waals surface area contributed by atoms with Crippen LogP contribution in [0.2, 0.25) is 0 Å². The lowest BCUT2D eigenvalue weighted by Crippen LogP contribution is -2.41. The predicted octanol–water partition coefficient (Wildman–Crippen LogP) is 3.55. The monoisotopic (exact) mass is 283 g/mol. The highest BCUT2D eigenvalue weighted by molar-refractivity contribution is 6.53. The predicted molar refractivity (Wildman–Crippen MR) is 74.3 cm³/mol. The van der Waals surface area contributed by atoms with Gasteiger partial charge in [0, 0.05) is 11.7 Å². The molecule has 0 N–H and O–H groups in total. The number of alkyl halides is 2. The molecule has 1 saturated carbocycles. The summed E-state index contributed by atoms with van der Waals surface area (Å²) in [4.78, 5) is 14.5. The molecule has 1 aromatic rings. The van der Waals surface area contributed by atoms with Crippen LogP contribution in [-0.2, 0) is 11.2 Å². The second-order valence-electron chi connectivity index (χ2n) is 5.57. The summed E-state index contributed by atoms with van der Waals surface area (Å²) in [7, 11) is 0. The third-order valence-electron chi connectivity index (χ3n) is 4.16. The molecule has 2 atom stereocenters. The minimum Gasteiger partial charge on any atom is -0.308 e. The Balaban J connectivity index is 1.97. The molecule has 4 heteroatoms. The van der Waals surface area contributed by atoms with Crippen molar-refractivity contribution in [2.75, 3.05) is 4.90 Å². The molecule has 1 fully saturated rings. The molecular weight excluding hydrogens is 269 g/mol. The fourth-order valence-corrected chi connectivity index (χ4v) is 3.47. The van der Waals surface area contributed by atoms with Crippen molar-refractivity contribution in [2.24, 2.45) is 5.41 Å². The van der Waals surface area contributed by atoms with Crippen molar-refractivity contribution in [3.8, 4) is 0 Å². The molecule has 1 aliphatic carbocycles. The van der Waals surface area contributed by atoms with Gasteiger partial charge in [-0.25, -0.2) is 0 Å². The zero-order chi connectivity index (χ0) is 13.1. The standard InChI is InChI=1S/C14H15Cl2NO/c1-9-7-10-5-3-4-6-11(10)17(9)12(18)13(2)8-14(13,15)16/h3-6,9H,7-8H2,1-2H3. The van der Waals surface area contributed by atoms with Gasteiger partial charge in [0.15, 0.2) is 0 Å². The number of nitrogens with zero attached hydrogens (tertiary/aromatic N) is 1. The van der Waals surface area contributed by atoms with E-state index in [1.54, 1.807) is 0 Å². The Kier molecular flexibility index (Phi) is 2.49. The van der Waals surface area contributed by atoms with Crippen molar-refractivity contribution in [1.82, 2.24) is 0 Å². The van der Waals surface area contributed by atoms with E-state index in [4.69, 9.17) is 23.2 Å². The van der Waals surface area contributed by atoms with Crippen LogP contribution in [0.25, 0.3) is 0 Å². The van der Waals surface area contributed by atoms with Gasteiger partial charge >= 0.3 is 0 Å². The van der Waals surface area contributed by atoms with E-state index in [-0.39, 0.29) is 11.9 Å². The van der Waals surface area contributed by atoms with Crippen LogP contribution in [-0.4, -0.2) is 16.3 Å². The quantitative estimate of drug-likeness (QED) is 0.722. The molecule has 0 aromatic heterocycles. The molecule has 2 aliphatic rings. The second kappa shape index (κ2) is 3.64. The number of carbonyl (C=O) groups excluding carboxylic acids is 1. The number of carbonyl (C=O) groups is 1. The number of hydrogen-bond donors (Lipinski definition) is 0. The van der Waals surface area contributed by atoms with Gasteiger partial charge in [-0.05, 0) is 38.3 Å². The summed E-state index contributed by atoms with van der Waals surface area (Å²) in [6.45, 7) is 3.91. The van der Waals surface area contributed by atoms with E-state index in [2.05, 4.69) is 13.0 Å². The zero-order valence-electron chi connectivity index (χ0n) is 10.4. The largest absolute Gasteiger partial charge is 0.308 e. The maximum absolute atomic E-state index is 12.7. The molecule has 0 spiro atoms. The van der Waals surface area contributed by atoms with Gasteiger partial charge < -0.3 is 4.90 Å². The summed E-state index contributed by atoms with van der Waals surface area (Å²) in [5.74, 6) is 0.0463. The normalized spacial score (nSPS) is 32.2. The van der Waals surface area contributed by atoms with Gasteiger partial charge in [-0.15, -0.1) is 23.2 Å². The van der Waals surface area contributed by atoms with Crippen LogP contribution in [0.15, 0.2) is 24.3 Å². The number of rotatable bonds is 1. The summed E-state index contributed by atoms with van der Waals surface area (Å²) in [6.07, 6.45) is 1.43. The first-order valence-corrected chi connectivity index (χ1v) is 6.92. The first kappa shape index (κ1) is 12.3. The lowest BCUT2D eigenvalue weighted by atomic mass is 10.1. The zero-order valence-corrected chi connectivity index (χ0v) is 11.9. The lowest BCUT2D eigenvalue weighted by molar-refractivity contribution is -0.123. The number of amides is 1. The van der Waals surface area contributed by atoms with Gasteiger partial charge in [0.25, 0.3) is 0 Å². The van der Waals surface area contributed by atoms with Crippen LogP contribution < -0.4 is 4.90 Å².